The molecule has 1 aromatic carbocycles. The molecule has 0 atom stereocenters. The molecule has 1 aromatic rings. The summed E-state index contributed by atoms with van der Waals surface area (Å²) in [6, 6.07) is 6.73. The van der Waals surface area contributed by atoms with Gasteiger partial charge in [-0.2, -0.15) is 4.31 Å². The Morgan fingerprint density at radius 3 is 2.38 bits per heavy atom. The molecule has 0 spiro atoms. The Morgan fingerprint density at radius 2 is 1.90 bits per heavy atom. The van der Waals surface area contributed by atoms with E-state index in [4.69, 9.17) is 10.9 Å². The van der Waals surface area contributed by atoms with Crippen molar-refractivity contribution in [2.45, 2.75) is 32.1 Å². The van der Waals surface area contributed by atoms with Crippen LogP contribution < -0.4 is 5.73 Å². The van der Waals surface area contributed by atoms with Gasteiger partial charge in [-0.1, -0.05) is 36.7 Å². The normalized spacial score (nSPS) is 13.1. The summed E-state index contributed by atoms with van der Waals surface area (Å²) in [5, 5.41) is 11.5. The summed E-state index contributed by atoms with van der Waals surface area (Å²) in [6.45, 7) is 6.36. The fourth-order valence-electron chi connectivity index (χ4n) is 1.87. The zero-order valence-electron chi connectivity index (χ0n) is 12.7. The number of nitrogens with two attached hydrogens (primary N) is 1. The number of hydrogen-bond acceptors (Lipinski definition) is 4. The lowest BCUT2D eigenvalue weighted by molar-refractivity contribution is 0.314. The van der Waals surface area contributed by atoms with Gasteiger partial charge in [0.05, 0.1) is 4.90 Å². The molecule has 0 aliphatic rings. The number of hydrogen-bond donors (Lipinski definition) is 2. The maximum Gasteiger partial charge on any atom is 0.243 e. The van der Waals surface area contributed by atoms with Gasteiger partial charge >= 0.3 is 0 Å². The lowest BCUT2D eigenvalue weighted by Gasteiger charge is -2.23. The maximum atomic E-state index is 12.7. The molecule has 0 amide bonds. The lowest BCUT2D eigenvalue weighted by atomic mass is 10.2. The van der Waals surface area contributed by atoms with Crippen LogP contribution in [0.25, 0.3) is 0 Å². The number of amidine groups is 1. The molecule has 0 aromatic heterocycles. The monoisotopic (exact) mass is 313 g/mol. The highest BCUT2D eigenvalue weighted by Gasteiger charge is 2.25. The zero-order chi connectivity index (χ0) is 16.0. The molecule has 0 heterocycles. The van der Waals surface area contributed by atoms with Crippen molar-refractivity contribution in [3.8, 4) is 0 Å². The molecule has 0 bridgehead atoms. The SMILES string of the molecule is Cc1ccc(S(=O)(=O)N(CCC(N)=NO)CC(C)C)cc1. The number of nitrogens with zero attached hydrogens (tertiary/aromatic N) is 2. The first kappa shape index (κ1) is 17.5. The molecule has 0 unspecified atom stereocenters. The first-order valence-corrected chi connectivity index (χ1v) is 8.24. The number of benzene rings is 1. The molecular formula is C14H23N3O3S. The minimum atomic E-state index is -3.58. The number of sulfonamides is 1. The van der Waals surface area contributed by atoms with Gasteiger partial charge in [0.1, 0.15) is 5.84 Å². The molecule has 3 N–H and O–H groups in total. The van der Waals surface area contributed by atoms with E-state index in [1.54, 1.807) is 24.3 Å². The van der Waals surface area contributed by atoms with Crippen molar-refractivity contribution in [3.05, 3.63) is 29.8 Å². The molecule has 7 heteroatoms. The third kappa shape index (κ3) is 5.02. The molecule has 21 heavy (non-hydrogen) atoms. The van der Waals surface area contributed by atoms with Crippen molar-refractivity contribution >= 4 is 15.9 Å². The second-order valence-electron chi connectivity index (χ2n) is 5.41. The van der Waals surface area contributed by atoms with Gasteiger partial charge in [-0.3, -0.25) is 0 Å². The van der Waals surface area contributed by atoms with Crippen molar-refractivity contribution in [1.82, 2.24) is 4.31 Å². The summed E-state index contributed by atoms with van der Waals surface area (Å²) in [7, 11) is -3.58. The number of aryl methyl sites for hydroxylation is 1. The van der Waals surface area contributed by atoms with Crippen molar-refractivity contribution in [2.24, 2.45) is 16.8 Å². The molecule has 0 aliphatic carbocycles. The van der Waals surface area contributed by atoms with Crippen molar-refractivity contribution in [1.29, 1.82) is 0 Å². The average Bonchev–Trinajstić information content (AvgIpc) is 2.43. The van der Waals surface area contributed by atoms with Crippen LogP contribution in [0.15, 0.2) is 34.3 Å². The van der Waals surface area contributed by atoms with Crippen LogP contribution in [0.4, 0.5) is 0 Å². The Balaban J connectivity index is 3.02. The summed E-state index contributed by atoms with van der Waals surface area (Å²) >= 11 is 0. The van der Waals surface area contributed by atoms with E-state index in [1.165, 1.54) is 4.31 Å². The molecule has 0 aliphatic heterocycles. The van der Waals surface area contributed by atoms with Crippen LogP contribution >= 0.6 is 0 Å². The van der Waals surface area contributed by atoms with Gasteiger partial charge in [-0.05, 0) is 25.0 Å². The van der Waals surface area contributed by atoms with Crippen LogP contribution in [0.5, 0.6) is 0 Å². The minimum Gasteiger partial charge on any atom is -0.409 e. The Labute approximate surface area is 126 Å². The highest BCUT2D eigenvalue weighted by atomic mass is 32.2. The topological polar surface area (TPSA) is 96.0 Å². The Kier molecular flexibility index (Phi) is 6.17. The second kappa shape index (κ2) is 7.42. The van der Waals surface area contributed by atoms with Crippen molar-refractivity contribution < 1.29 is 13.6 Å². The fourth-order valence-corrected chi connectivity index (χ4v) is 3.47. The van der Waals surface area contributed by atoms with E-state index in [0.29, 0.717) is 6.54 Å². The largest absolute Gasteiger partial charge is 0.409 e. The van der Waals surface area contributed by atoms with E-state index < -0.39 is 10.0 Å². The third-order valence-electron chi connectivity index (χ3n) is 2.97. The Morgan fingerprint density at radius 1 is 1.33 bits per heavy atom. The van der Waals surface area contributed by atoms with Crippen LogP contribution in [0.2, 0.25) is 0 Å². The molecule has 0 radical (unpaired) electrons. The fraction of sp³-hybridized carbons (Fsp3) is 0.500. The van der Waals surface area contributed by atoms with Gasteiger partial charge in [0.15, 0.2) is 0 Å². The summed E-state index contributed by atoms with van der Waals surface area (Å²) in [5.41, 5.74) is 6.43. The highest BCUT2D eigenvalue weighted by Crippen LogP contribution is 2.18. The minimum absolute atomic E-state index is 0.0165. The van der Waals surface area contributed by atoms with Crippen LogP contribution in [0, 0.1) is 12.8 Å². The lowest BCUT2D eigenvalue weighted by Crippen LogP contribution is -2.36. The summed E-state index contributed by atoms with van der Waals surface area (Å²) in [4.78, 5) is 0.258. The van der Waals surface area contributed by atoms with E-state index in [2.05, 4.69) is 5.16 Å². The van der Waals surface area contributed by atoms with Crippen molar-refractivity contribution in [3.63, 3.8) is 0 Å². The summed E-state index contributed by atoms with van der Waals surface area (Å²) in [5.74, 6) is 0.195. The summed E-state index contributed by atoms with van der Waals surface area (Å²) in [6.07, 6.45) is 0.189. The predicted molar refractivity (Wildman–Crippen MR) is 82.8 cm³/mol. The van der Waals surface area contributed by atoms with E-state index in [9.17, 15) is 8.42 Å². The van der Waals surface area contributed by atoms with Gasteiger partial charge in [-0.25, -0.2) is 8.42 Å². The van der Waals surface area contributed by atoms with Gasteiger partial charge < -0.3 is 10.9 Å². The second-order valence-corrected chi connectivity index (χ2v) is 7.35. The van der Waals surface area contributed by atoms with Crippen LogP contribution in [0.1, 0.15) is 25.8 Å². The zero-order valence-corrected chi connectivity index (χ0v) is 13.5. The van der Waals surface area contributed by atoms with E-state index >= 15 is 0 Å². The smallest absolute Gasteiger partial charge is 0.243 e. The molecule has 118 valence electrons. The first-order valence-electron chi connectivity index (χ1n) is 6.80. The van der Waals surface area contributed by atoms with Crippen LogP contribution in [-0.4, -0.2) is 36.9 Å². The quantitative estimate of drug-likeness (QED) is 0.347. The molecule has 1 rings (SSSR count). The van der Waals surface area contributed by atoms with Crippen molar-refractivity contribution in [2.75, 3.05) is 13.1 Å². The van der Waals surface area contributed by atoms with Gasteiger partial charge in [0.2, 0.25) is 10.0 Å². The van der Waals surface area contributed by atoms with Crippen LogP contribution in [-0.2, 0) is 10.0 Å². The Hall–Kier alpha value is -1.60. The molecule has 0 saturated heterocycles. The molecular weight excluding hydrogens is 290 g/mol. The molecule has 0 fully saturated rings. The highest BCUT2D eigenvalue weighted by molar-refractivity contribution is 7.89. The molecule has 0 saturated carbocycles. The number of oxime groups is 1. The van der Waals surface area contributed by atoms with E-state index in [1.807, 2.05) is 20.8 Å². The van der Waals surface area contributed by atoms with Gasteiger partial charge in [0.25, 0.3) is 0 Å². The van der Waals surface area contributed by atoms with E-state index in [-0.39, 0.29) is 29.6 Å². The van der Waals surface area contributed by atoms with Crippen LogP contribution in [0.3, 0.4) is 0 Å². The maximum absolute atomic E-state index is 12.7. The standard InChI is InChI=1S/C14H23N3O3S/c1-11(2)10-17(9-8-14(15)16-18)21(19,20)13-6-4-12(3)5-7-13/h4-7,11,18H,8-10H2,1-3H3,(H2,15,16). The number of rotatable bonds is 7. The molecule has 6 nitrogen and oxygen atoms in total. The third-order valence-corrected chi connectivity index (χ3v) is 4.85. The van der Waals surface area contributed by atoms with Gasteiger partial charge in [-0.15, -0.1) is 0 Å². The first-order chi connectivity index (χ1) is 9.77. The predicted octanol–water partition coefficient (Wildman–Crippen LogP) is 1.78. The van der Waals surface area contributed by atoms with Gasteiger partial charge in [0, 0.05) is 19.5 Å². The van der Waals surface area contributed by atoms with E-state index in [0.717, 1.165) is 5.56 Å². The Bertz CT molecular complexity index is 580. The summed E-state index contributed by atoms with van der Waals surface area (Å²) < 4.78 is 26.7. The average molecular weight is 313 g/mol.